The van der Waals surface area contributed by atoms with E-state index in [-0.39, 0.29) is 36.0 Å². The summed E-state index contributed by atoms with van der Waals surface area (Å²) < 4.78 is 29.9. The lowest BCUT2D eigenvalue weighted by molar-refractivity contribution is -0.138. The molecule has 170 valence electrons. The summed E-state index contributed by atoms with van der Waals surface area (Å²) in [4.78, 5) is 20.2. The van der Waals surface area contributed by atoms with Crippen molar-refractivity contribution in [2.45, 2.75) is 70.6 Å². The molecule has 2 fully saturated rings. The maximum Gasteiger partial charge on any atom is 0.237 e. The van der Waals surface area contributed by atoms with Crippen LogP contribution in [0.4, 0.5) is 0 Å². The van der Waals surface area contributed by atoms with Crippen molar-refractivity contribution in [1.29, 1.82) is 0 Å². The summed E-state index contributed by atoms with van der Waals surface area (Å²) in [7, 11) is -3.05. The van der Waals surface area contributed by atoms with Gasteiger partial charge in [-0.1, -0.05) is 19.3 Å². The Bertz CT molecular complexity index is 962. The molecule has 1 aliphatic carbocycles. The second-order valence-corrected chi connectivity index (χ2v) is 12.5. The van der Waals surface area contributed by atoms with E-state index in [0.29, 0.717) is 19.5 Å². The predicted octanol–water partition coefficient (Wildman–Crippen LogP) is 4.00. The molecule has 3 heterocycles. The Balaban J connectivity index is 1.52. The molecule has 1 aliphatic heterocycles. The van der Waals surface area contributed by atoms with E-state index < -0.39 is 9.84 Å². The lowest BCUT2D eigenvalue weighted by atomic mass is 9.92. The number of thiophene rings is 1. The molecule has 4 rings (SSSR count). The standard InChI is InChI=1S/C23H32N2O4S2/c1-18-9-10-22(30-18)15-24(14-21-8-5-12-29-21)16-23(26)25(19-6-3-2-4-7-19)20-11-13-31(27,28)17-20/h5,8-10,12,19-20H,2-4,6-7,11,13-17H2,1H3. The summed E-state index contributed by atoms with van der Waals surface area (Å²) >= 11 is 1.74. The molecule has 1 amide bonds. The van der Waals surface area contributed by atoms with Gasteiger partial charge < -0.3 is 9.32 Å². The van der Waals surface area contributed by atoms with E-state index >= 15 is 0 Å². The van der Waals surface area contributed by atoms with E-state index in [0.717, 1.165) is 31.4 Å². The topological polar surface area (TPSA) is 70.8 Å². The first-order valence-corrected chi connectivity index (χ1v) is 13.8. The fraction of sp³-hybridized carbons (Fsp3) is 0.609. The van der Waals surface area contributed by atoms with Crippen molar-refractivity contribution in [2.24, 2.45) is 0 Å². The number of hydrogen-bond acceptors (Lipinski definition) is 6. The van der Waals surface area contributed by atoms with Crippen LogP contribution in [0.1, 0.15) is 54.0 Å². The molecule has 2 aromatic heterocycles. The van der Waals surface area contributed by atoms with Gasteiger partial charge in [-0.15, -0.1) is 11.3 Å². The number of furan rings is 1. The van der Waals surface area contributed by atoms with Crippen LogP contribution in [0.2, 0.25) is 0 Å². The van der Waals surface area contributed by atoms with Crippen LogP contribution in [0.25, 0.3) is 0 Å². The SMILES string of the molecule is Cc1ccc(CN(CC(=O)N(C2CCCCC2)C2CCS(=O)(=O)C2)Cc2ccco2)s1. The van der Waals surface area contributed by atoms with Crippen LogP contribution in [-0.2, 0) is 27.7 Å². The number of amides is 1. The minimum absolute atomic E-state index is 0.0498. The minimum atomic E-state index is -3.05. The maximum absolute atomic E-state index is 13.6. The number of rotatable bonds is 8. The van der Waals surface area contributed by atoms with E-state index in [1.54, 1.807) is 17.6 Å². The van der Waals surface area contributed by atoms with E-state index in [1.165, 1.54) is 16.2 Å². The second-order valence-electron chi connectivity index (χ2n) is 8.89. The monoisotopic (exact) mass is 464 g/mol. The molecule has 0 spiro atoms. The van der Waals surface area contributed by atoms with E-state index in [2.05, 4.69) is 24.0 Å². The fourth-order valence-corrected chi connectivity index (χ4v) is 7.56. The highest BCUT2D eigenvalue weighted by Crippen LogP contribution is 2.29. The average Bonchev–Trinajstić information content (AvgIpc) is 3.45. The van der Waals surface area contributed by atoms with Gasteiger partial charge in [-0.3, -0.25) is 9.69 Å². The van der Waals surface area contributed by atoms with Gasteiger partial charge in [0.2, 0.25) is 5.91 Å². The van der Waals surface area contributed by atoms with Crippen LogP contribution in [0.15, 0.2) is 34.9 Å². The van der Waals surface area contributed by atoms with Crippen molar-refractivity contribution in [3.05, 3.63) is 46.0 Å². The Morgan fingerprint density at radius 3 is 2.52 bits per heavy atom. The summed E-state index contributed by atoms with van der Waals surface area (Å²) in [6, 6.07) is 7.98. The minimum Gasteiger partial charge on any atom is -0.468 e. The summed E-state index contributed by atoms with van der Waals surface area (Å²) in [6.45, 7) is 3.58. The van der Waals surface area contributed by atoms with E-state index in [1.807, 2.05) is 17.0 Å². The smallest absolute Gasteiger partial charge is 0.237 e. The quantitative estimate of drug-likeness (QED) is 0.591. The van der Waals surface area contributed by atoms with Crippen molar-refractivity contribution in [3.63, 3.8) is 0 Å². The van der Waals surface area contributed by atoms with Crippen LogP contribution >= 0.6 is 11.3 Å². The fourth-order valence-electron chi connectivity index (χ4n) is 4.91. The Morgan fingerprint density at radius 2 is 1.90 bits per heavy atom. The normalized spacial score (nSPS) is 21.5. The van der Waals surface area contributed by atoms with Gasteiger partial charge in [-0.2, -0.15) is 0 Å². The van der Waals surface area contributed by atoms with Gasteiger partial charge in [0.05, 0.1) is 30.9 Å². The van der Waals surface area contributed by atoms with Crippen molar-refractivity contribution >= 4 is 27.1 Å². The van der Waals surface area contributed by atoms with E-state index in [4.69, 9.17) is 4.42 Å². The molecule has 31 heavy (non-hydrogen) atoms. The molecule has 1 saturated carbocycles. The maximum atomic E-state index is 13.6. The van der Waals surface area contributed by atoms with Crippen molar-refractivity contribution in [2.75, 3.05) is 18.1 Å². The number of hydrogen-bond donors (Lipinski definition) is 0. The molecule has 0 bridgehead atoms. The van der Waals surface area contributed by atoms with Gasteiger partial charge in [0.1, 0.15) is 5.76 Å². The number of sulfone groups is 1. The summed E-state index contributed by atoms with van der Waals surface area (Å²) in [5.41, 5.74) is 0. The van der Waals surface area contributed by atoms with Crippen molar-refractivity contribution in [1.82, 2.24) is 9.80 Å². The highest BCUT2D eigenvalue weighted by Gasteiger charge is 2.38. The highest BCUT2D eigenvalue weighted by atomic mass is 32.2. The van der Waals surface area contributed by atoms with Crippen LogP contribution in [0, 0.1) is 6.92 Å². The Kier molecular flexibility index (Phi) is 7.19. The lowest BCUT2D eigenvalue weighted by Crippen LogP contribution is -2.51. The van der Waals surface area contributed by atoms with Gasteiger partial charge in [-0.05, 0) is 50.5 Å². The van der Waals surface area contributed by atoms with Gasteiger partial charge >= 0.3 is 0 Å². The number of nitrogens with zero attached hydrogens (tertiary/aromatic N) is 2. The first-order chi connectivity index (χ1) is 14.9. The first kappa shape index (κ1) is 22.6. The summed E-state index contributed by atoms with van der Waals surface area (Å²) in [5.74, 6) is 1.18. The van der Waals surface area contributed by atoms with Gasteiger partial charge in [0.25, 0.3) is 0 Å². The molecule has 0 aromatic carbocycles. The third-order valence-corrected chi connectivity index (χ3v) is 9.09. The lowest BCUT2D eigenvalue weighted by Gasteiger charge is -2.39. The van der Waals surface area contributed by atoms with Gasteiger partial charge in [0.15, 0.2) is 9.84 Å². The van der Waals surface area contributed by atoms with E-state index in [9.17, 15) is 13.2 Å². The van der Waals surface area contributed by atoms with Crippen molar-refractivity contribution in [3.8, 4) is 0 Å². The molecular formula is C23H32N2O4S2. The molecule has 2 aliphatic rings. The highest BCUT2D eigenvalue weighted by molar-refractivity contribution is 7.91. The Morgan fingerprint density at radius 1 is 1.10 bits per heavy atom. The van der Waals surface area contributed by atoms with Crippen LogP contribution in [0.5, 0.6) is 0 Å². The molecule has 0 N–H and O–H groups in total. The van der Waals surface area contributed by atoms with Crippen LogP contribution in [0.3, 0.4) is 0 Å². The number of aryl methyl sites for hydroxylation is 1. The molecule has 1 atom stereocenters. The third kappa shape index (κ3) is 5.99. The molecule has 1 unspecified atom stereocenters. The average molecular weight is 465 g/mol. The molecule has 2 aromatic rings. The third-order valence-electron chi connectivity index (χ3n) is 6.35. The zero-order valence-corrected chi connectivity index (χ0v) is 19.8. The van der Waals surface area contributed by atoms with Crippen molar-refractivity contribution < 1.29 is 17.6 Å². The Hall–Kier alpha value is -1.64. The number of carbonyl (C=O) groups is 1. The van der Waals surface area contributed by atoms with Crippen LogP contribution in [-0.4, -0.2) is 54.3 Å². The first-order valence-electron chi connectivity index (χ1n) is 11.2. The number of carbonyl (C=O) groups excluding carboxylic acids is 1. The zero-order chi connectivity index (χ0) is 21.8. The summed E-state index contributed by atoms with van der Waals surface area (Å²) in [5, 5.41) is 0. The predicted molar refractivity (Wildman–Crippen MR) is 123 cm³/mol. The summed E-state index contributed by atoms with van der Waals surface area (Å²) in [6.07, 6.45) is 7.59. The van der Waals surface area contributed by atoms with Gasteiger partial charge in [0, 0.05) is 28.4 Å². The Labute approximate surface area is 189 Å². The zero-order valence-electron chi connectivity index (χ0n) is 18.2. The molecule has 6 nitrogen and oxygen atoms in total. The molecule has 0 radical (unpaired) electrons. The molecule has 8 heteroatoms. The molecular weight excluding hydrogens is 432 g/mol. The van der Waals surface area contributed by atoms with Gasteiger partial charge in [-0.25, -0.2) is 8.42 Å². The largest absolute Gasteiger partial charge is 0.468 e. The molecule has 1 saturated heterocycles. The van der Waals surface area contributed by atoms with Crippen LogP contribution < -0.4 is 0 Å². The second kappa shape index (κ2) is 9.88.